The third kappa shape index (κ3) is 3.46. The van der Waals surface area contributed by atoms with Crippen molar-refractivity contribution in [1.82, 2.24) is 9.13 Å². The third-order valence-corrected chi connectivity index (χ3v) is 2.87. The molecule has 21 heavy (non-hydrogen) atoms. The molecule has 0 spiro atoms. The number of benzene rings is 1. The van der Waals surface area contributed by atoms with Gasteiger partial charge in [0.25, 0.3) is 5.56 Å². The van der Waals surface area contributed by atoms with Crippen molar-refractivity contribution in [2.45, 2.75) is 6.54 Å². The summed E-state index contributed by atoms with van der Waals surface area (Å²) in [6.45, 7) is 0.159. The Kier molecular flexibility index (Phi) is 4.36. The molecule has 0 aliphatic heterocycles. The van der Waals surface area contributed by atoms with Gasteiger partial charge in [-0.15, -0.1) is 0 Å². The predicted molar refractivity (Wildman–Crippen MR) is 77.4 cm³/mol. The van der Waals surface area contributed by atoms with E-state index >= 15 is 0 Å². The normalized spacial score (nSPS) is 10.0. The molecule has 1 aromatic heterocycles. The van der Waals surface area contributed by atoms with E-state index in [-0.39, 0.29) is 13.1 Å². The Morgan fingerprint density at radius 3 is 2.76 bits per heavy atom. The summed E-state index contributed by atoms with van der Waals surface area (Å²) in [6.07, 6.45) is 1.39. The SMILES string of the molecule is Cn1ccc(=O)n(Cc2cc(F)cc(C#CCN)c2)c1=O. The maximum absolute atomic E-state index is 13.6. The Balaban J connectivity index is 2.45. The summed E-state index contributed by atoms with van der Waals surface area (Å²) < 4.78 is 15.9. The largest absolute Gasteiger partial charge is 0.331 e. The summed E-state index contributed by atoms with van der Waals surface area (Å²) in [5, 5.41) is 0. The molecular formula is C15H14FN3O2. The lowest BCUT2D eigenvalue weighted by Crippen LogP contribution is -2.38. The molecule has 0 saturated heterocycles. The van der Waals surface area contributed by atoms with E-state index in [1.165, 1.54) is 29.0 Å². The highest BCUT2D eigenvalue weighted by Gasteiger charge is 2.06. The predicted octanol–water partition coefficient (Wildman–Crippen LogP) is 0.0446. The number of aromatic nitrogens is 2. The zero-order chi connectivity index (χ0) is 15.4. The summed E-state index contributed by atoms with van der Waals surface area (Å²) in [5.41, 5.74) is 5.33. The van der Waals surface area contributed by atoms with Crippen LogP contribution in [0.2, 0.25) is 0 Å². The third-order valence-electron chi connectivity index (χ3n) is 2.87. The van der Waals surface area contributed by atoms with Crippen molar-refractivity contribution in [1.29, 1.82) is 0 Å². The molecule has 0 fully saturated rings. The van der Waals surface area contributed by atoms with Crippen molar-refractivity contribution in [2.24, 2.45) is 12.8 Å². The van der Waals surface area contributed by atoms with Gasteiger partial charge in [-0.3, -0.25) is 9.36 Å². The number of hydrogen-bond donors (Lipinski definition) is 1. The number of rotatable bonds is 2. The number of halogens is 1. The molecule has 0 amide bonds. The lowest BCUT2D eigenvalue weighted by molar-refractivity contribution is 0.612. The second kappa shape index (κ2) is 6.20. The quantitative estimate of drug-likeness (QED) is 0.793. The molecule has 1 aromatic carbocycles. The minimum Gasteiger partial charge on any atom is -0.320 e. The highest BCUT2D eigenvalue weighted by Crippen LogP contribution is 2.09. The van der Waals surface area contributed by atoms with Gasteiger partial charge in [-0.05, 0) is 23.8 Å². The summed E-state index contributed by atoms with van der Waals surface area (Å²) in [7, 11) is 1.54. The molecule has 0 radical (unpaired) electrons. The van der Waals surface area contributed by atoms with Crippen LogP contribution in [-0.4, -0.2) is 15.7 Å². The number of hydrogen-bond acceptors (Lipinski definition) is 3. The minimum atomic E-state index is -0.477. The van der Waals surface area contributed by atoms with Crippen LogP contribution in [0.25, 0.3) is 0 Å². The molecule has 2 rings (SSSR count). The average Bonchev–Trinajstić information content (AvgIpc) is 2.45. The molecule has 0 bridgehead atoms. The Morgan fingerprint density at radius 2 is 2.05 bits per heavy atom. The van der Waals surface area contributed by atoms with E-state index in [2.05, 4.69) is 11.8 Å². The van der Waals surface area contributed by atoms with E-state index in [1.807, 2.05) is 0 Å². The Bertz CT molecular complexity index is 840. The fraction of sp³-hybridized carbons (Fsp3) is 0.200. The van der Waals surface area contributed by atoms with Crippen LogP contribution in [0.1, 0.15) is 11.1 Å². The summed E-state index contributed by atoms with van der Waals surface area (Å²) >= 11 is 0. The lowest BCUT2D eigenvalue weighted by Gasteiger charge is -2.07. The van der Waals surface area contributed by atoms with Crippen LogP contribution in [0.3, 0.4) is 0 Å². The smallest absolute Gasteiger partial charge is 0.320 e. The molecule has 5 nitrogen and oxygen atoms in total. The molecule has 0 unspecified atom stereocenters. The van der Waals surface area contributed by atoms with Crippen LogP contribution >= 0.6 is 0 Å². The molecule has 108 valence electrons. The molecule has 0 atom stereocenters. The Labute approximate surface area is 120 Å². The van der Waals surface area contributed by atoms with Gasteiger partial charge in [0.1, 0.15) is 5.82 Å². The van der Waals surface area contributed by atoms with E-state index in [1.54, 1.807) is 13.1 Å². The summed E-state index contributed by atoms with van der Waals surface area (Å²) in [4.78, 5) is 23.7. The van der Waals surface area contributed by atoms with Crippen LogP contribution in [0.4, 0.5) is 4.39 Å². The number of nitrogens with two attached hydrogens (primary N) is 1. The summed E-state index contributed by atoms with van der Waals surface area (Å²) in [6, 6.07) is 5.46. The fourth-order valence-electron chi connectivity index (χ4n) is 1.91. The zero-order valence-electron chi connectivity index (χ0n) is 11.5. The van der Waals surface area contributed by atoms with Crippen LogP contribution < -0.4 is 17.0 Å². The number of nitrogens with zero attached hydrogens (tertiary/aromatic N) is 2. The second-order valence-electron chi connectivity index (χ2n) is 4.49. The molecular weight excluding hydrogens is 273 g/mol. The molecule has 2 aromatic rings. The van der Waals surface area contributed by atoms with E-state index in [9.17, 15) is 14.0 Å². The van der Waals surface area contributed by atoms with Crippen molar-refractivity contribution in [3.63, 3.8) is 0 Å². The van der Waals surface area contributed by atoms with E-state index < -0.39 is 17.1 Å². The van der Waals surface area contributed by atoms with Gasteiger partial charge in [0, 0.05) is 24.9 Å². The first-order chi connectivity index (χ1) is 10.0. The van der Waals surface area contributed by atoms with Crippen molar-refractivity contribution >= 4 is 0 Å². The summed E-state index contributed by atoms with van der Waals surface area (Å²) in [5.74, 6) is 4.88. The first kappa shape index (κ1) is 14.8. The van der Waals surface area contributed by atoms with Gasteiger partial charge >= 0.3 is 5.69 Å². The molecule has 1 heterocycles. The van der Waals surface area contributed by atoms with E-state index in [4.69, 9.17) is 5.73 Å². The average molecular weight is 287 g/mol. The van der Waals surface area contributed by atoms with Gasteiger partial charge in [-0.2, -0.15) is 0 Å². The maximum atomic E-state index is 13.6. The maximum Gasteiger partial charge on any atom is 0.331 e. The van der Waals surface area contributed by atoms with Gasteiger partial charge in [0.05, 0.1) is 13.1 Å². The number of aryl methyl sites for hydroxylation is 1. The fourth-order valence-corrected chi connectivity index (χ4v) is 1.91. The van der Waals surface area contributed by atoms with Crippen LogP contribution in [-0.2, 0) is 13.6 Å². The molecule has 0 saturated carbocycles. The molecule has 0 aliphatic carbocycles. The minimum absolute atomic E-state index is 0.0125. The molecule has 2 N–H and O–H groups in total. The van der Waals surface area contributed by atoms with Crippen LogP contribution in [0.15, 0.2) is 40.1 Å². The van der Waals surface area contributed by atoms with Crippen molar-refractivity contribution in [2.75, 3.05) is 6.54 Å². The second-order valence-corrected chi connectivity index (χ2v) is 4.49. The van der Waals surface area contributed by atoms with Gasteiger partial charge in [-0.1, -0.05) is 11.8 Å². The van der Waals surface area contributed by atoms with Gasteiger partial charge in [0.15, 0.2) is 0 Å². The van der Waals surface area contributed by atoms with Crippen LogP contribution in [0, 0.1) is 17.7 Å². The standard InChI is InChI=1S/C15H14FN3O2/c1-18-6-4-14(20)19(15(18)21)10-12-7-11(3-2-5-17)8-13(16)9-12/h4,6-9H,5,10,17H2,1H3. The van der Waals surface area contributed by atoms with Crippen molar-refractivity contribution < 1.29 is 4.39 Å². The van der Waals surface area contributed by atoms with Gasteiger partial charge in [-0.25, -0.2) is 9.18 Å². The zero-order valence-corrected chi connectivity index (χ0v) is 11.5. The Hall–Kier alpha value is -2.65. The molecule has 0 aliphatic rings. The van der Waals surface area contributed by atoms with Gasteiger partial charge < -0.3 is 10.3 Å². The first-order valence-electron chi connectivity index (χ1n) is 6.26. The lowest BCUT2D eigenvalue weighted by atomic mass is 10.1. The highest BCUT2D eigenvalue weighted by atomic mass is 19.1. The van der Waals surface area contributed by atoms with Crippen LogP contribution in [0.5, 0.6) is 0 Å². The topological polar surface area (TPSA) is 70.0 Å². The van der Waals surface area contributed by atoms with Gasteiger partial charge in [0.2, 0.25) is 0 Å². The monoisotopic (exact) mass is 287 g/mol. The first-order valence-corrected chi connectivity index (χ1v) is 6.26. The highest BCUT2D eigenvalue weighted by molar-refractivity contribution is 5.38. The van der Waals surface area contributed by atoms with E-state index in [0.717, 1.165) is 4.57 Å². The van der Waals surface area contributed by atoms with Crippen molar-refractivity contribution in [3.8, 4) is 11.8 Å². The van der Waals surface area contributed by atoms with Crippen molar-refractivity contribution in [3.05, 3.63) is 68.2 Å². The Morgan fingerprint density at radius 1 is 1.29 bits per heavy atom. The molecule has 6 heteroatoms. The van der Waals surface area contributed by atoms with E-state index in [0.29, 0.717) is 11.1 Å².